The molecule has 1 aromatic carbocycles. The van der Waals surface area contributed by atoms with Crippen LogP contribution >= 0.6 is 0 Å². The first-order valence-electron chi connectivity index (χ1n) is 7.14. The summed E-state index contributed by atoms with van der Waals surface area (Å²) in [6.45, 7) is 9.29. The predicted octanol–water partition coefficient (Wildman–Crippen LogP) is 2.82. The molecule has 0 saturated heterocycles. The van der Waals surface area contributed by atoms with Gasteiger partial charge in [0.1, 0.15) is 18.5 Å². The highest BCUT2D eigenvalue weighted by atomic mass is 16.5. The summed E-state index contributed by atoms with van der Waals surface area (Å²) in [7, 11) is 0. The van der Waals surface area contributed by atoms with Gasteiger partial charge in [0.25, 0.3) is 0 Å². The van der Waals surface area contributed by atoms with E-state index in [1.807, 2.05) is 19.1 Å². The molecule has 0 fully saturated rings. The molecule has 0 spiro atoms. The zero-order valence-electron chi connectivity index (χ0n) is 12.6. The van der Waals surface area contributed by atoms with Crippen molar-refractivity contribution in [2.45, 2.75) is 52.7 Å². The van der Waals surface area contributed by atoms with Gasteiger partial charge in [-0.1, -0.05) is 31.0 Å². The van der Waals surface area contributed by atoms with Crippen LogP contribution in [0.1, 0.15) is 37.8 Å². The van der Waals surface area contributed by atoms with Crippen LogP contribution in [0.5, 0.6) is 5.75 Å². The van der Waals surface area contributed by atoms with Crippen molar-refractivity contribution in [2.75, 3.05) is 13.2 Å². The molecule has 2 unspecified atom stereocenters. The molecule has 0 heterocycles. The molecule has 0 aromatic heterocycles. The smallest absolute Gasteiger partial charge is 0.122 e. The van der Waals surface area contributed by atoms with Gasteiger partial charge in [0.15, 0.2) is 0 Å². The van der Waals surface area contributed by atoms with Crippen molar-refractivity contribution >= 4 is 0 Å². The molecule has 0 aliphatic rings. The van der Waals surface area contributed by atoms with E-state index in [1.54, 1.807) is 0 Å². The van der Waals surface area contributed by atoms with Gasteiger partial charge in [-0.15, -0.1) is 0 Å². The largest absolute Gasteiger partial charge is 0.491 e. The lowest BCUT2D eigenvalue weighted by molar-refractivity contribution is 0.103. The molecule has 1 rings (SSSR count). The summed E-state index contributed by atoms with van der Waals surface area (Å²) in [6, 6.07) is 6.52. The van der Waals surface area contributed by atoms with Crippen LogP contribution < -0.4 is 10.1 Å². The zero-order valence-corrected chi connectivity index (χ0v) is 12.6. The Morgan fingerprint density at radius 2 is 2.05 bits per heavy atom. The number of rotatable bonds is 8. The number of benzene rings is 1. The second-order valence-electron chi connectivity index (χ2n) is 5.33. The first-order valence-corrected chi connectivity index (χ1v) is 7.14. The maximum atomic E-state index is 9.89. The Labute approximate surface area is 117 Å². The van der Waals surface area contributed by atoms with E-state index in [9.17, 15) is 5.11 Å². The Hall–Kier alpha value is -1.06. The molecule has 0 saturated carbocycles. The summed E-state index contributed by atoms with van der Waals surface area (Å²) in [5.74, 6) is 0.853. The van der Waals surface area contributed by atoms with Crippen LogP contribution in [0, 0.1) is 13.8 Å². The molecule has 0 amide bonds. The maximum Gasteiger partial charge on any atom is 0.122 e. The van der Waals surface area contributed by atoms with Crippen LogP contribution in [0.2, 0.25) is 0 Å². The van der Waals surface area contributed by atoms with Crippen LogP contribution in [0.15, 0.2) is 18.2 Å². The predicted molar refractivity (Wildman–Crippen MR) is 79.8 cm³/mol. The first kappa shape index (κ1) is 16.0. The summed E-state index contributed by atoms with van der Waals surface area (Å²) in [5, 5.41) is 13.2. The van der Waals surface area contributed by atoms with Crippen LogP contribution in [0.4, 0.5) is 0 Å². The molecule has 2 atom stereocenters. The average Bonchev–Trinajstić information content (AvgIpc) is 2.35. The number of aliphatic hydroxyl groups excluding tert-OH is 1. The van der Waals surface area contributed by atoms with Crippen molar-refractivity contribution in [1.29, 1.82) is 0 Å². The molecule has 3 heteroatoms. The molecule has 0 bridgehead atoms. The minimum Gasteiger partial charge on any atom is -0.491 e. The van der Waals surface area contributed by atoms with E-state index >= 15 is 0 Å². The minimum atomic E-state index is -0.472. The van der Waals surface area contributed by atoms with Crippen molar-refractivity contribution < 1.29 is 9.84 Å². The van der Waals surface area contributed by atoms with Crippen molar-refractivity contribution in [3.8, 4) is 5.75 Å². The molecule has 1 aromatic rings. The number of hydrogen-bond donors (Lipinski definition) is 2. The van der Waals surface area contributed by atoms with Crippen molar-refractivity contribution in [1.82, 2.24) is 5.32 Å². The summed E-state index contributed by atoms with van der Waals surface area (Å²) in [5.41, 5.74) is 2.33. The summed E-state index contributed by atoms with van der Waals surface area (Å²) in [6.07, 6.45) is 1.81. The second kappa shape index (κ2) is 8.18. The van der Waals surface area contributed by atoms with E-state index in [2.05, 4.69) is 32.2 Å². The second-order valence-corrected chi connectivity index (χ2v) is 5.33. The molecule has 19 heavy (non-hydrogen) atoms. The van der Waals surface area contributed by atoms with Gasteiger partial charge >= 0.3 is 0 Å². The normalized spacial score (nSPS) is 14.2. The van der Waals surface area contributed by atoms with E-state index in [1.165, 1.54) is 5.56 Å². The fraction of sp³-hybridized carbons (Fsp3) is 0.625. The zero-order chi connectivity index (χ0) is 14.3. The van der Waals surface area contributed by atoms with Gasteiger partial charge in [-0.3, -0.25) is 0 Å². The van der Waals surface area contributed by atoms with E-state index < -0.39 is 6.10 Å². The fourth-order valence-corrected chi connectivity index (χ4v) is 2.08. The minimum absolute atomic E-state index is 0.329. The van der Waals surface area contributed by atoms with Crippen LogP contribution in [-0.2, 0) is 0 Å². The number of ether oxygens (including phenoxy) is 1. The number of hydrogen-bond acceptors (Lipinski definition) is 3. The number of nitrogens with one attached hydrogen (secondary N) is 1. The lowest BCUT2D eigenvalue weighted by atomic mass is 10.1. The third kappa shape index (κ3) is 6.08. The van der Waals surface area contributed by atoms with Gasteiger partial charge in [-0.2, -0.15) is 0 Å². The summed E-state index contributed by atoms with van der Waals surface area (Å²) >= 11 is 0. The van der Waals surface area contributed by atoms with Crippen molar-refractivity contribution in [2.24, 2.45) is 0 Å². The Bertz CT molecular complexity index is 379. The van der Waals surface area contributed by atoms with Crippen molar-refractivity contribution in [3.05, 3.63) is 29.3 Å². The van der Waals surface area contributed by atoms with Gasteiger partial charge < -0.3 is 15.2 Å². The number of aryl methyl sites for hydroxylation is 2. The van der Waals surface area contributed by atoms with E-state index in [4.69, 9.17) is 4.74 Å². The topological polar surface area (TPSA) is 41.5 Å². The highest BCUT2D eigenvalue weighted by Crippen LogP contribution is 2.18. The van der Waals surface area contributed by atoms with Crippen molar-refractivity contribution in [3.63, 3.8) is 0 Å². The third-order valence-corrected chi connectivity index (χ3v) is 3.19. The van der Waals surface area contributed by atoms with Crippen LogP contribution in [0.3, 0.4) is 0 Å². The van der Waals surface area contributed by atoms with Gasteiger partial charge in [-0.25, -0.2) is 0 Å². The molecule has 2 N–H and O–H groups in total. The van der Waals surface area contributed by atoms with Crippen LogP contribution in [0.25, 0.3) is 0 Å². The fourth-order valence-electron chi connectivity index (χ4n) is 2.08. The van der Waals surface area contributed by atoms with Gasteiger partial charge in [0.2, 0.25) is 0 Å². The van der Waals surface area contributed by atoms with E-state index in [0.717, 1.165) is 24.2 Å². The van der Waals surface area contributed by atoms with Crippen LogP contribution in [-0.4, -0.2) is 30.4 Å². The number of aliphatic hydroxyl groups is 1. The Kier molecular flexibility index (Phi) is 6.89. The summed E-state index contributed by atoms with van der Waals surface area (Å²) < 4.78 is 5.66. The lowest BCUT2D eigenvalue weighted by Crippen LogP contribution is -2.36. The Morgan fingerprint density at radius 1 is 1.32 bits per heavy atom. The Morgan fingerprint density at radius 3 is 2.68 bits per heavy atom. The third-order valence-electron chi connectivity index (χ3n) is 3.19. The summed E-state index contributed by atoms with van der Waals surface area (Å²) in [4.78, 5) is 0. The molecule has 108 valence electrons. The van der Waals surface area contributed by atoms with Gasteiger partial charge in [0, 0.05) is 12.6 Å². The average molecular weight is 265 g/mol. The standard InChI is InChI=1S/C16H27NO2/c1-5-6-14(4)17-10-15(18)11-19-16-8-7-12(2)9-13(16)3/h7-9,14-15,17-18H,5-6,10-11H2,1-4H3. The maximum absolute atomic E-state index is 9.89. The quantitative estimate of drug-likeness (QED) is 0.759. The van der Waals surface area contributed by atoms with Gasteiger partial charge in [-0.05, 0) is 38.8 Å². The molecular formula is C16H27NO2. The first-order chi connectivity index (χ1) is 9.02. The van der Waals surface area contributed by atoms with Gasteiger partial charge in [0.05, 0.1) is 0 Å². The highest BCUT2D eigenvalue weighted by molar-refractivity contribution is 5.35. The Balaban J connectivity index is 2.31. The van der Waals surface area contributed by atoms with E-state index in [-0.39, 0.29) is 0 Å². The molecule has 0 aliphatic heterocycles. The molecular weight excluding hydrogens is 238 g/mol. The van der Waals surface area contributed by atoms with E-state index in [0.29, 0.717) is 19.2 Å². The SMILES string of the molecule is CCCC(C)NCC(O)COc1ccc(C)cc1C. The lowest BCUT2D eigenvalue weighted by Gasteiger charge is -2.17. The molecule has 3 nitrogen and oxygen atoms in total. The highest BCUT2D eigenvalue weighted by Gasteiger charge is 2.08. The molecule has 0 radical (unpaired) electrons. The molecule has 0 aliphatic carbocycles. The monoisotopic (exact) mass is 265 g/mol.